The topological polar surface area (TPSA) is 166 Å². The lowest BCUT2D eigenvalue weighted by Gasteiger charge is -2.40. The highest BCUT2D eigenvalue weighted by Gasteiger charge is 2.49. The highest BCUT2D eigenvalue weighted by molar-refractivity contribution is 7.89. The molecule has 0 bridgehead atoms. The Morgan fingerprint density at radius 1 is 1.19 bits per heavy atom. The Bertz CT molecular complexity index is 1370. The van der Waals surface area contributed by atoms with Gasteiger partial charge in [-0.05, 0) is 48.4 Å². The number of fused-ring (bicyclic) bond motifs is 1. The predicted octanol–water partition coefficient (Wildman–Crippen LogP) is 3.30. The number of amides is 1. The van der Waals surface area contributed by atoms with Crippen LogP contribution < -0.4 is 5.73 Å². The molecule has 2 heterocycles. The van der Waals surface area contributed by atoms with Gasteiger partial charge < -0.3 is 25.4 Å². The zero-order chi connectivity index (χ0) is 30.5. The second-order valence-electron chi connectivity index (χ2n) is 11.8. The summed E-state index contributed by atoms with van der Waals surface area (Å²) in [6.07, 6.45) is -1.69. The second-order valence-corrected chi connectivity index (χ2v) is 13.7. The highest BCUT2D eigenvalue weighted by atomic mass is 32.2. The van der Waals surface area contributed by atoms with Crippen molar-refractivity contribution in [1.29, 1.82) is 5.26 Å². The van der Waals surface area contributed by atoms with E-state index >= 15 is 0 Å². The maximum absolute atomic E-state index is 14.0. The first-order valence-electron chi connectivity index (χ1n) is 14.1. The molecule has 11 nitrogen and oxygen atoms in total. The zero-order valence-electron chi connectivity index (χ0n) is 24.0. The van der Waals surface area contributed by atoms with Crippen LogP contribution in [0.1, 0.15) is 38.7 Å². The Kier molecular flexibility index (Phi) is 10.1. The number of carbonyl (C=O) groups is 1. The van der Waals surface area contributed by atoms with Crippen LogP contribution in [0, 0.1) is 22.7 Å². The first-order chi connectivity index (χ1) is 19.9. The molecule has 0 spiro atoms. The fourth-order valence-electron chi connectivity index (χ4n) is 5.89. The third-order valence-corrected chi connectivity index (χ3v) is 9.89. The number of rotatable bonds is 13. The average molecular weight is 601 g/mol. The summed E-state index contributed by atoms with van der Waals surface area (Å²) in [4.78, 5) is 14.0. The lowest BCUT2D eigenvalue weighted by Crippen LogP contribution is -2.58. The van der Waals surface area contributed by atoms with Gasteiger partial charge in [-0.2, -0.15) is 9.57 Å². The van der Waals surface area contributed by atoms with E-state index in [1.165, 1.54) is 21.3 Å². The van der Waals surface area contributed by atoms with Gasteiger partial charge in [0.1, 0.15) is 0 Å². The Morgan fingerprint density at radius 3 is 2.60 bits per heavy atom. The standard InChI is InChI=1S/C30H40N4O7S/c1-30(2,13-7-14-31)20-33(42(38,39)23-11-6-10-22(32)17-23)18-27(35)25(16-21-8-4-3-5-9-21)34(29(36)37)26-19-41-28-24(26)12-15-40-28/h3-6,8-11,17,24-28,35H,7,12-13,15-16,18-20,32H2,1-2H3,(H,36,37)/t24-,25+,26-,27-,28+/m1/s1. The molecule has 0 aliphatic carbocycles. The van der Waals surface area contributed by atoms with Crippen LogP contribution >= 0.6 is 0 Å². The summed E-state index contributed by atoms with van der Waals surface area (Å²) in [5, 5.41) is 31.5. The summed E-state index contributed by atoms with van der Waals surface area (Å²) in [5.41, 5.74) is 6.36. The SMILES string of the molecule is CC(C)(CCC#N)CN(C[C@@H](O)[C@H](Cc1ccccc1)N(C(=O)O)[C@@H]1CO[C@@H]2OCC[C@@H]21)S(=O)(=O)c1cccc(N)c1. The summed E-state index contributed by atoms with van der Waals surface area (Å²) < 4.78 is 40.5. The van der Waals surface area contributed by atoms with Crippen molar-refractivity contribution in [2.24, 2.45) is 11.3 Å². The molecule has 2 aromatic rings. The Hall–Kier alpha value is -3.21. The van der Waals surface area contributed by atoms with E-state index in [-0.39, 0.29) is 49.0 Å². The molecular weight excluding hydrogens is 560 g/mol. The van der Waals surface area contributed by atoms with Crippen molar-refractivity contribution in [3.63, 3.8) is 0 Å². The number of nitriles is 1. The Morgan fingerprint density at radius 2 is 1.93 bits per heavy atom. The molecule has 5 atom stereocenters. The number of aliphatic hydroxyl groups is 1. The molecule has 2 aliphatic rings. The van der Waals surface area contributed by atoms with Gasteiger partial charge in [-0.15, -0.1) is 0 Å². The van der Waals surface area contributed by atoms with Crippen molar-refractivity contribution in [2.45, 2.75) is 68.9 Å². The van der Waals surface area contributed by atoms with E-state index in [9.17, 15) is 23.4 Å². The van der Waals surface area contributed by atoms with Gasteiger partial charge in [0.05, 0.1) is 42.4 Å². The molecule has 2 saturated heterocycles. The van der Waals surface area contributed by atoms with Gasteiger partial charge in [0, 0.05) is 31.1 Å². The lowest BCUT2D eigenvalue weighted by molar-refractivity contribution is -0.0906. The van der Waals surface area contributed by atoms with Crippen LogP contribution in [0.25, 0.3) is 0 Å². The van der Waals surface area contributed by atoms with Crippen molar-refractivity contribution >= 4 is 21.8 Å². The number of hydrogen-bond acceptors (Lipinski definition) is 8. The maximum atomic E-state index is 14.0. The van der Waals surface area contributed by atoms with Crippen LogP contribution in [-0.2, 0) is 25.9 Å². The molecule has 42 heavy (non-hydrogen) atoms. The van der Waals surface area contributed by atoms with Gasteiger partial charge in [-0.3, -0.25) is 4.90 Å². The number of sulfonamides is 1. The molecule has 0 saturated carbocycles. The molecule has 0 aromatic heterocycles. The molecule has 4 rings (SSSR count). The summed E-state index contributed by atoms with van der Waals surface area (Å²) in [7, 11) is -4.16. The van der Waals surface area contributed by atoms with E-state index in [2.05, 4.69) is 6.07 Å². The molecular formula is C30H40N4O7S. The molecule has 4 N–H and O–H groups in total. The smallest absolute Gasteiger partial charge is 0.407 e. The molecule has 2 aromatic carbocycles. The molecule has 0 unspecified atom stereocenters. The number of nitrogens with zero attached hydrogens (tertiary/aromatic N) is 3. The van der Waals surface area contributed by atoms with E-state index in [4.69, 9.17) is 20.5 Å². The van der Waals surface area contributed by atoms with E-state index in [1.807, 2.05) is 44.2 Å². The number of nitrogen functional groups attached to an aromatic ring is 1. The van der Waals surface area contributed by atoms with Gasteiger partial charge in [-0.25, -0.2) is 13.2 Å². The zero-order valence-corrected chi connectivity index (χ0v) is 24.8. The van der Waals surface area contributed by atoms with Gasteiger partial charge >= 0.3 is 6.09 Å². The molecule has 2 aliphatic heterocycles. The molecule has 228 valence electrons. The summed E-state index contributed by atoms with van der Waals surface area (Å²) in [5.74, 6) is -0.191. The minimum Gasteiger partial charge on any atom is -0.465 e. The van der Waals surface area contributed by atoms with E-state index in [0.29, 0.717) is 19.4 Å². The summed E-state index contributed by atoms with van der Waals surface area (Å²) in [6, 6.07) is 15.7. The first kappa shape index (κ1) is 31.7. The third kappa shape index (κ3) is 7.40. The summed E-state index contributed by atoms with van der Waals surface area (Å²) in [6.45, 7) is 3.92. The summed E-state index contributed by atoms with van der Waals surface area (Å²) >= 11 is 0. The van der Waals surface area contributed by atoms with Crippen LogP contribution in [0.15, 0.2) is 59.5 Å². The predicted molar refractivity (Wildman–Crippen MR) is 156 cm³/mol. The third-order valence-electron chi connectivity index (χ3n) is 8.08. The molecule has 12 heteroatoms. The number of benzene rings is 2. The van der Waals surface area contributed by atoms with Gasteiger partial charge in [0.2, 0.25) is 10.0 Å². The molecule has 2 fully saturated rings. The number of ether oxygens (including phenoxy) is 2. The molecule has 0 radical (unpaired) electrons. The lowest BCUT2D eigenvalue weighted by atomic mass is 9.87. The van der Waals surface area contributed by atoms with E-state index < -0.39 is 46.0 Å². The largest absolute Gasteiger partial charge is 0.465 e. The van der Waals surface area contributed by atoms with E-state index in [1.54, 1.807) is 12.1 Å². The number of nitrogens with two attached hydrogens (primary N) is 1. The number of hydrogen-bond donors (Lipinski definition) is 3. The maximum Gasteiger partial charge on any atom is 0.407 e. The van der Waals surface area contributed by atoms with Crippen molar-refractivity contribution < 1.29 is 32.9 Å². The van der Waals surface area contributed by atoms with Crippen molar-refractivity contribution in [3.05, 3.63) is 60.2 Å². The number of aliphatic hydroxyl groups excluding tert-OH is 1. The van der Waals surface area contributed by atoms with Crippen LogP contribution in [-0.4, -0.2) is 84.7 Å². The monoisotopic (exact) mass is 600 g/mol. The van der Waals surface area contributed by atoms with Crippen LogP contribution in [0.4, 0.5) is 10.5 Å². The van der Waals surface area contributed by atoms with E-state index in [0.717, 1.165) is 5.56 Å². The first-order valence-corrected chi connectivity index (χ1v) is 15.6. The van der Waals surface area contributed by atoms with Crippen molar-refractivity contribution in [1.82, 2.24) is 9.21 Å². The van der Waals surface area contributed by atoms with Gasteiger partial charge in [-0.1, -0.05) is 50.2 Å². The number of carboxylic acid groups (broad SMARTS) is 1. The quantitative estimate of drug-likeness (QED) is 0.292. The Balaban J connectivity index is 1.71. The number of anilines is 1. The van der Waals surface area contributed by atoms with Crippen molar-refractivity contribution in [2.75, 3.05) is 32.0 Å². The average Bonchev–Trinajstić information content (AvgIpc) is 3.56. The van der Waals surface area contributed by atoms with Crippen LogP contribution in [0.2, 0.25) is 0 Å². The van der Waals surface area contributed by atoms with Gasteiger partial charge in [0.25, 0.3) is 0 Å². The van der Waals surface area contributed by atoms with Crippen molar-refractivity contribution in [3.8, 4) is 6.07 Å². The fourth-order valence-corrected chi connectivity index (χ4v) is 7.59. The normalized spacial score (nSPS) is 21.9. The fraction of sp³-hybridized carbons (Fsp3) is 0.533. The minimum atomic E-state index is -4.16. The highest BCUT2D eigenvalue weighted by Crippen LogP contribution is 2.36. The molecule has 1 amide bonds. The second kappa shape index (κ2) is 13.4. The minimum absolute atomic E-state index is 0.000913. The van der Waals surface area contributed by atoms with Gasteiger partial charge in [0.15, 0.2) is 6.29 Å². The Labute approximate surface area is 247 Å². The van der Waals surface area contributed by atoms with Crippen LogP contribution in [0.3, 0.4) is 0 Å². The van der Waals surface area contributed by atoms with Crippen LogP contribution in [0.5, 0.6) is 0 Å².